The minimum Gasteiger partial charge on any atom is -0.324 e. The molecule has 0 aliphatic heterocycles. The van der Waals surface area contributed by atoms with Crippen LogP contribution in [-0.4, -0.2) is 0 Å². The Morgan fingerprint density at radius 1 is 1.40 bits per heavy atom. The molecule has 0 heterocycles. The summed E-state index contributed by atoms with van der Waals surface area (Å²) in [6.07, 6.45) is 0.971. The Bertz CT molecular complexity index is 315. The lowest BCUT2D eigenvalue weighted by molar-refractivity contribution is 0.509. The molecule has 1 rings (SSSR count). The van der Waals surface area contributed by atoms with Gasteiger partial charge in [-0.05, 0) is 36.1 Å². The Hall–Kier alpha value is 0.240. The first kappa shape index (κ1) is 15.2. The van der Waals surface area contributed by atoms with Gasteiger partial charge >= 0.3 is 0 Å². The number of nitrogens with two attached hydrogens (primary N) is 1. The second-order valence-corrected chi connectivity index (χ2v) is 5.19. The van der Waals surface area contributed by atoms with Crippen molar-refractivity contribution in [3.8, 4) is 0 Å². The summed E-state index contributed by atoms with van der Waals surface area (Å²) in [6, 6.07) is 5.79. The van der Waals surface area contributed by atoms with E-state index in [-0.39, 0.29) is 18.4 Å². The van der Waals surface area contributed by atoms with Gasteiger partial charge in [-0.1, -0.05) is 41.4 Å². The van der Waals surface area contributed by atoms with Gasteiger partial charge in [0.15, 0.2) is 0 Å². The van der Waals surface area contributed by atoms with Crippen LogP contribution >= 0.6 is 39.9 Å². The molecule has 0 amide bonds. The van der Waals surface area contributed by atoms with E-state index in [0.717, 1.165) is 21.5 Å². The van der Waals surface area contributed by atoms with E-state index in [1.54, 1.807) is 0 Å². The van der Waals surface area contributed by atoms with Crippen molar-refractivity contribution < 1.29 is 0 Å². The highest BCUT2D eigenvalue weighted by molar-refractivity contribution is 9.10. The lowest BCUT2D eigenvalue weighted by Crippen LogP contribution is -2.13. The van der Waals surface area contributed by atoms with Crippen LogP contribution in [0.25, 0.3) is 0 Å². The largest absolute Gasteiger partial charge is 0.324 e. The molecule has 0 aromatic heterocycles. The van der Waals surface area contributed by atoms with Crippen LogP contribution in [0.1, 0.15) is 31.9 Å². The predicted molar refractivity (Wildman–Crippen MR) is 72.8 cm³/mol. The Morgan fingerprint density at radius 2 is 2.00 bits per heavy atom. The Kier molecular flexibility index (Phi) is 6.85. The zero-order valence-electron chi connectivity index (χ0n) is 8.84. The zero-order valence-corrected chi connectivity index (χ0v) is 12.0. The molecule has 2 N–H and O–H groups in total. The summed E-state index contributed by atoms with van der Waals surface area (Å²) in [7, 11) is 0. The van der Waals surface area contributed by atoms with Crippen LogP contribution < -0.4 is 5.73 Å². The molecule has 86 valence electrons. The molecule has 0 saturated carbocycles. The van der Waals surface area contributed by atoms with E-state index >= 15 is 0 Å². The van der Waals surface area contributed by atoms with E-state index in [0.29, 0.717) is 5.92 Å². The molecule has 0 aliphatic carbocycles. The van der Waals surface area contributed by atoms with Gasteiger partial charge in [0, 0.05) is 15.5 Å². The second-order valence-electron chi connectivity index (χ2n) is 3.90. The van der Waals surface area contributed by atoms with Crippen molar-refractivity contribution in [1.29, 1.82) is 0 Å². The maximum atomic E-state index is 6.08. The number of rotatable bonds is 3. The number of halogens is 3. The lowest BCUT2D eigenvalue weighted by Gasteiger charge is -2.16. The van der Waals surface area contributed by atoms with E-state index in [1.165, 1.54) is 0 Å². The fourth-order valence-corrected chi connectivity index (χ4v) is 2.15. The first-order valence-electron chi connectivity index (χ1n) is 4.71. The van der Waals surface area contributed by atoms with E-state index in [2.05, 4.69) is 29.8 Å². The highest BCUT2D eigenvalue weighted by Crippen LogP contribution is 2.28. The minimum atomic E-state index is 0. The van der Waals surface area contributed by atoms with Crippen LogP contribution in [-0.2, 0) is 0 Å². The molecule has 0 bridgehead atoms. The quantitative estimate of drug-likeness (QED) is 0.869. The molecule has 0 aliphatic rings. The summed E-state index contributed by atoms with van der Waals surface area (Å²) < 4.78 is 1.04. The number of hydrogen-bond acceptors (Lipinski definition) is 1. The summed E-state index contributed by atoms with van der Waals surface area (Å²) in [6.45, 7) is 4.33. The van der Waals surface area contributed by atoms with E-state index in [9.17, 15) is 0 Å². The first-order valence-corrected chi connectivity index (χ1v) is 5.88. The Balaban J connectivity index is 0.00000196. The van der Waals surface area contributed by atoms with Gasteiger partial charge in [0.25, 0.3) is 0 Å². The standard InChI is InChI=1S/C11H15BrClN.ClH/c1-7(2)5-11(14)9-6-8(13)3-4-10(9)12;/h3-4,6-7,11H,5,14H2,1-2H3;1H/t11-;/m1./s1. The van der Waals surface area contributed by atoms with Crippen molar-refractivity contribution >= 4 is 39.9 Å². The van der Waals surface area contributed by atoms with Crippen molar-refractivity contribution in [2.75, 3.05) is 0 Å². The SMILES string of the molecule is CC(C)C[C@@H](N)c1cc(Cl)ccc1Br.Cl. The molecule has 4 heteroatoms. The summed E-state index contributed by atoms with van der Waals surface area (Å²) >= 11 is 9.40. The maximum Gasteiger partial charge on any atom is 0.0410 e. The molecule has 15 heavy (non-hydrogen) atoms. The summed E-state index contributed by atoms with van der Waals surface area (Å²) in [4.78, 5) is 0. The fraction of sp³-hybridized carbons (Fsp3) is 0.455. The third-order valence-corrected chi connectivity index (χ3v) is 3.04. The van der Waals surface area contributed by atoms with Crippen molar-refractivity contribution in [2.24, 2.45) is 11.7 Å². The fourth-order valence-electron chi connectivity index (χ4n) is 1.43. The van der Waals surface area contributed by atoms with Gasteiger partial charge < -0.3 is 5.73 Å². The van der Waals surface area contributed by atoms with Gasteiger partial charge in [0.1, 0.15) is 0 Å². The van der Waals surface area contributed by atoms with Crippen LogP contribution in [0, 0.1) is 5.92 Å². The summed E-state index contributed by atoms with van der Waals surface area (Å²) in [5, 5.41) is 0.738. The topological polar surface area (TPSA) is 26.0 Å². The van der Waals surface area contributed by atoms with E-state index in [1.807, 2.05) is 18.2 Å². The van der Waals surface area contributed by atoms with E-state index in [4.69, 9.17) is 17.3 Å². The average molecular weight is 313 g/mol. The molecular formula is C11H16BrCl2N. The van der Waals surface area contributed by atoms with Gasteiger partial charge in [-0.25, -0.2) is 0 Å². The number of benzene rings is 1. The van der Waals surface area contributed by atoms with Crippen LogP contribution in [0.15, 0.2) is 22.7 Å². The average Bonchev–Trinajstić information content (AvgIpc) is 2.08. The second kappa shape index (κ2) is 6.74. The van der Waals surface area contributed by atoms with Crippen molar-refractivity contribution in [3.63, 3.8) is 0 Å². The van der Waals surface area contributed by atoms with Gasteiger partial charge in [0.2, 0.25) is 0 Å². The number of hydrogen-bond donors (Lipinski definition) is 1. The van der Waals surface area contributed by atoms with Gasteiger partial charge in [-0.2, -0.15) is 0 Å². The highest BCUT2D eigenvalue weighted by atomic mass is 79.9. The Labute approximate surface area is 111 Å². The predicted octanol–water partition coefficient (Wildman–Crippen LogP) is 4.57. The van der Waals surface area contributed by atoms with Gasteiger partial charge in [-0.3, -0.25) is 0 Å². The molecule has 0 fully saturated rings. The van der Waals surface area contributed by atoms with Crippen molar-refractivity contribution in [3.05, 3.63) is 33.3 Å². The molecule has 1 nitrogen and oxygen atoms in total. The molecule has 1 atom stereocenters. The third-order valence-electron chi connectivity index (χ3n) is 2.08. The molecule has 1 aromatic carbocycles. The third kappa shape index (κ3) is 4.73. The smallest absolute Gasteiger partial charge is 0.0410 e. The molecule has 0 spiro atoms. The van der Waals surface area contributed by atoms with Crippen molar-refractivity contribution in [2.45, 2.75) is 26.3 Å². The normalized spacial score (nSPS) is 12.4. The molecule has 0 unspecified atom stereocenters. The first-order chi connectivity index (χ1) is 6.50. The molecular weight excluding hydrogens is 297 g/mol. The zero-order chi connectivity index (χ0) is 10.7. The summed E-state index contributed by atoms with van der Waals surface area (Å²) in [5.74, 6) is 0.593. The molecule has 0 radical (unpaired) electrons. The van der Waals surface area contributed by atoms with Crippen LogP contribution in [0.2, 0.25) is 5.02 Å². The Morgan fingerprint density at radius 3 is 2.53 bits per heavy atom. The van der Waals surface area contributed by atoms with Crippen LogP contribution in [0.4, 0.5) is 0 Å². The minimum absolute atomic E-state index is 0. The summed E-state index contributed by atoms with van der Waals surface area (Å²) in [5.41, 5.74) is 7.17. The lowest BCUT2D eigenvalue weighted by atomic mass is 9.98. The van der Waals surface area contributed by atoms with Crippen LogP contribution in [0.5, 0.6) is 0 Å². The maximum absolute atomic E-state index is 6.08. The monoisotopic (exact) mass is 311 g/mol. The highest BCUT2D eigenvalue weighted by Gasteiger charge is 2.11. The van der Waals surface area contributed by atoms with E-state index < -0.39 is 0 Å². The van der Waals surface area contributed by atoms with Gasteiger partial charge in [0.05, 0.1) is 0 Å². The molecule has 0 saturated heterocycles. The van der Waals surface area contributed by atoms with Gasteiger partial charge in [-0.15, -0.1) is 12.4 Å². The molecule has 1 aromatic rings. The van der Waals surface area contributed by atoms with Crippen molar-refractivity contribution in [1.82, 2.24) is 0 Å². The van der Waals surface area contributed by atoms with Crippen LogP contribution in [0.3, 0.4) is 0 Å².